The van der Waals surface area contributed by atoms with Crippen molar-refractivity contribution in [3.63, 3.8) is 0 Å². The molecule has 6 heteroatoms. The maximum atomic E-state index is 12.2. The van der Waals surface area contributed by atoms with Gasteiger partial charge >= 0.3 is 0 Å². The molecule has 0 saturated carbocycles. The fraction of sp³-hybridized carbons (Fsp3) is 0.632. The molecule has 1 amide bonds. The lowest BCUT2D eigenvalue weighted by molar-refractivity contribution is 0.0951. The molecule has 1 fully saturated rings. The van der Waals surface area contributed by atoms with Crippen LogP contribution in [0, 0.1) is 5.92 Å². The first-order valence-corrected chi connectivity index (χ1v) is 9.08. The molecule has 4 nitrogen and oxygen atoms in total. The van der Waals surface area contributed by atoms with Crippen molar-refractivity contribution >= 4 is 36.4 Å². The van der Waals surface area contributed by atoms with Gasteiger partial charge in [-0.15, -0.1) is 24.8 Å². The first-order chi connectivity index (χ1) is 11.2. The Bertz CT molecular complexity index is 476. The molecule has 1 aromatic carbocycles. The van der Waals surface area contributed by atoms with Crippen molar-refractivity contribution in [2.75, 3.05) is 37.6 Å². The molecule has 1 unspecified atom stereocenters. The van der Waals surface area contributed by atoms with Gasteiger partial charge < -0.3 is 15.5 Å². The lowest BCUT2D eigenvalue weighted by Crippen LogP contribution is -2.27. The molecule has 1 heterocycles. The van der Waals surface area contributed by atoms with Crippen LogP contribution in [0.2, 0.25) is 0 Å². The molecule has 1 aliphatic heterocycles. The smallest absolute Gasteiger partial charge is 0.251 e. The van der Waals surface area contributed by atoms with Crippen LogP contribution in [-0.2, 0) is 0 Å². The van der Waals surface area contributed by atoms with Crippen LogP contribution in [0.15, 0.2) is 24.3 Å². The van der Waals surface area contributed by atoms with E-state index in [1.807, 2.05) is 12.1 Å². The van der Waals surface area contributed by atoms with Gasteiger partial charge in [0, 0.05) is 30.9 Å². The number of rotatable bonds is 9. The fourth-order valence-corrected chi connectivity index (χ4v) is 3.10. The molecule has 2 rings (SSSR count). The van der Waals surface area contributed by atoms with Crippen molar-refractivity contribution < 1.29 is 4.79 Å². The third kappa shape index (κ3) is 7.85. The molecule has 1 aromatic rings. The number of carbonyl (C=O) groups excluding carboxylic acids is 1. The molecule has 2 N–H and O–H groups in total. The van der Waals surface area contributed by atoms with Gasteiger partial charge in [0.15, 0.2) is 0 Å². The van der Waals surface area contributed by atoms with Crippen LogP contribution in [0.1, 0.15) is 49.9 Å². The summed E-state index contributed by atoms with van der Waals surface area (Å²) in [7, 11) is 0. The second-order valence-corrected chi connectivity index (χ2v) is 6.38. The zero-order valence-electron chi connectivity index (χ0n) is 15.4. The van der Waals surface area contributed by atoms with Gasteiger partial charge in [0.2, 0.25) is 0 Å². The first kappa shape index (κ1) is 24.0. The number of halogens is 2. The van der Waals surface area contributed by atoms with E-state index in [4.69, 9.17) is 0 Å². The standard InChI is InChI=1S/C19H31N3O.2ClH/c1-3-5-14-22(4-2)18-8-6-17(7-9-18)19(23)21-13-11-16-10-12-20-15-16;;/h6-9,16,20H,3-5,10-15H2,1-2H3,(H,21,23);2*1H. The highest BCUT2D eigenvalue weighted by Gasteiger charge is 2.14. The van der Waals surface area contributed by atoms with Gasteiger partial charge in [0.05, 0.1) is 0 Å². The summed E-state index contributed by atoms with van der Waals surface area (Å²) in [5, 5.41) is 6.40. The molecule has 1 saturated heterocycles. The van der Waals surface area contributed by atoms with Crippen molar-refractivity contribution in [3.8, 4) is 0 Å². The van der Waals surface area contributed by atoms with E-state index in [1.165, 1.54) is 24.9 Å². The van der Waals surface area contributed by atoms with E-state index in [0.717, 1.165) is 44.7 Å². The van der Waals surface area contributed by atoms with E-state index in [0.29, 0.717) is 5.92 Å². The molecular weight excluding hydrogens is 357 g/mol. The Morgan fingerprint density at radius 3 is 2.52 bits per heavy atom. The first-order valence-electron chi connectivity index (χ1n) is 9.08. The van der Waals surface area contributed by atoms with Crippen LogP contribution in [0.25, 0.3) is 0 Å². The van der Waals surface area contributed by atoms with Crippen LogP contribution >= 0.6 is 24.8 Å². The molecular formula is C19H33Cl2N3O. The largest absolute Gasteiger partial charge is 0.372 e. The summed E-state index contributed by atoms with van der Waals surface area (Å²) in [6, 6.07) is 8.01. The lowest BCUT2D eigenvalue weighted by Gasteiger charge is -2.23. The number of hydrogen-bond acceptors (Lipinski definition) is 3. The Morgan fingerprint density at radius 1 is 1.24 bits per heavy atom. The molecule has 0 aromatic heterocycles. The Balaban J connectivity index is 0.00000288. The number of nitrogens with zero attached hydrogens (tertiary/aromatic N) is 1. The van der Waals surface area contributed by atoms with E-state index >= 15 is 0 Å². The summed E-state index contributed by atoms with van der Waals surface area (Å²) >= 11 is 0. The molecule has 0 spiro atoms. The number of nitrogens with one attached hydrogen (secondary N) is 2. The minimum absolute atomic E-state index is 0. The van der Waals surface area contributed by atoms with Gasteiger partial charge in [-0.3, -0.25) is 4.79 Å². The van der Waals surface area contributed by atoms with Crippen LogP contribution in [-0.4, -0.2) is 38.6 Å². The van der Waals surface area contributed by atoms with Crippen molar-refractivity contribution in [3.05, 3.63) is 29.8 Å². The van der Waals surface area contributed by atoms with Crippen molar-refractivity contribution in [2.24, 2.45) is 5.92 Å². The van der Waals surface area contributed by atoms with E-state index in [9.17, 15) is 4.79 Å². The van der Waals surface area contributed by atoms with Gasteiger partial charge in [0.1, 0.15) is 0 Å². The molecule has 0 bridgehead atoms. The van der Waals surface area contributed by atoms with Gasteiger partial charge in [-0.2, -0.15) is 0 Å². The summed E-state index contributed by atoms with van der Waals surface area (Å²) in [4.78, 5) is 14.6. The third-order valence-corrected chi connectivity index (χ3v) is 4.66. The summed E-state index contributed by atoms with van der Waals surface area (Å²) in [5.74, 6) is 0.758. The van der Waals surface area contributed by atoms with Gasteiger partial charge in [-0.05, 0) is 69.5 Å². The summed E-state index contributed by atoms with van der Waals surface area (Å²) in [6.45, 7) is 9.44. The monoisotopic (exact) mass is 389 g/mol. The molecule has 25 heavy (non-hydrogen) atoms. The fourth-order valence-electron chi connectivity index (χ4n) is 3.10. The Labute approximate surface area is 164 Å². The molecule has 1 atom stereocenters. The summed E-state index contributed by atoms with van der Waals surface area (Å²) in [6.07, 6.45) is 4.70. The number of anilines is 1. The van der Waals surface area contributed by atoms with E-state index in [-0.39, 0.29) is 30.7 Å². The highest BCUT2D eigenvalue weighted by atomic mass is 35.5. The Hall–Kier alpha value is -0.970. The second-order valence-electron chi connectivity index (χ2n) is 6.38. The highest BCUT2D eigenvalue weighted by Crippen LogP contribution is 2.16. The van der Waals surface area contributed by atoms with Crippen LogP contribution in [0.4, 0.5) is 5.69 Å². The third-order valence-electron chi connectivity index (χ3n) is 4.66. The van der Waals surface area contributed by atoms with E-state index in [2.05, 4.69) is 41.5 Å². The quantitative estimate of drug-likeness (QED) is 0.673. The zero-order valence-corrected chi connectivity index (χ0v) is 17.1. The van der Waals surface area contributed by atoms with Gasteiger partial charge in [-0.1, -0.05) is 13.3 Å². The minimum Gasteiger partial charge on any atom is -0.372 e. The normalized spacial score (nSPS) is 15.8. The van der Waals surface area contributed by atoms with Gasteiger partial charge in [0.25, 0.3) is 5.91 Å². The predicted molar refractivity (Wildman–Crippen MR) is 112 cm³/mol. The summed E-state index contributed by atoms with van der Waals surface area (Å²) in [5.41, 5.74) is 1.96. The van der Waals surface area contributed by atoms with Crippen LogP contribution < -0.4 is 15.5 Å². The van der Waals surface area contributed by atoms with Crippen LogP contribution in [0.3, 0.4) is 0 Å². The van der Waals surface area contributed by atoms with Crippen LogP contribution in [0.5, 0.6) is 0 Å². The number of unbranched alkanes of at least 4 members (excludes halogenated alkanes) is 1. The molecule has 0 aliphatic carbocycles. The lowest BCUT2D eigenvalue weighted by atomic mass is 10.1. The van der Waals surface area contributed by atoms with Crippen molar-refractivity contribution in [1.29, 1.82) is 0 Å². The number of amides is 1. The Morgan fingerprint density at radius 2 is 1.96 bits per heavy atom. The minimum atomic E-state index is 0. The number of hydrogen-bond donors (Lipinski definition) is 2. The topological polar surface area (TPSA) is 44.4 Å². The molecule has 144 valence electrons. The van der Waals surface area contributed by atoms with Gasteiger partial charge in [-0.25, -0.2) is 0 Å². The SMILES string of the molecule is CCCCN(CC)c1ccc(C(=O)NCCC2CCNC2)cc1.Cl.Cl. The average Bonchev–Trinajstić information content (AvgIpc) is 3.09. The Kier molecular flexibility index (Phi) is 12.7. The maximum Gasteiger partial charge on any atom is 0.251 e. The molecule has 0 radical (unpaired) electrons. The average molecular weight is 390 g/mol. The maximum absolute atomic E-state index is 12.2. The predicted octanol–water partition coefficient (Wildman–Crippen LogP) is 3.89. The van der Waals surface area contributed by atoms with Crippen molar-refractivity contribution in [1.82, 2.24) is 10.6 Å². The summed E-state index contributed by atoms with van der Waals surface area (Å²) < 4.78 is 0. The van der Waals surface area contributed by atoms with E-state index in [1.54, 1.807) is 0 Å². The number of benzene rings is 1. The number of carbonyl (C=O) groups is 1. The van der Waals surface area contributed by atoms with Crippen molar-refractivity contribution in [2.45, 2.75) is 39.5 Å². The zero-order chi connectivity index (χ0) is 16.5. The molecule has 1 aliphatic rings. The second kappa shape index (κ2) is 13.3. The highest BCUT2D eigenvalue weighted by molar-refractivity contribution is 5.94. The van der Waals surface area contributed by atoms with E-state index < -0.39 is 0 Å².